The molecule has 2 N–H and O–H groups in total. The summed E-state index contributed by atoms with van der Waals surface area (Å²) in [6.07, 6.45) is 0.516. The molecule has 6 heteroatoms. The van der Waals surface area contributed by atoms with Crippen LogP contribution in [0.4, 0.5) is 9.18 Å². The number of halogens is 1. The van der Waals surface area contributed by atoms with Gasteiger partial charge in [-0.3, -0.25) is 0 Å². The van der Waals surface area contributed by atoms with Crippen LogP contribution in [-0.4, -0.2) is 40.3 Å². The molecule has 1 amide bonds. The van der Waals surface area contributed by atoms with Gasteiger partial charge in [0, 0.05) is 19.0 Å². The second-order valence-corrected chi connectivity index (χ2v) is 4.61. The van der Waals surface area contributed by atoms with Crippen LogP contribution in [-0.2, 0) is 0 Å². The number of benzene rings is 1. The molecule has 1 aliphatic heterocycles. The van der Waals surface area contributed by atoms with E-state index in [1.54, 1.807) is 6.07 Å². The van der Waals surface area contributed by atoms with Crippen LogP contribution < -0.4 is 0 Å². The van der Waals surface area contributed by atoms with Crippen molar-refractivity contribution in [1.82, 2.24) is 4.90 Å². The molecule has 5 nitrogen and oxygen atoms in total. The highest BCUT2D eigenvalue weighted by molar-refractivity contribution is 5.87. The molecular formula is C13H14FNO4. The maximum absolute atomic E-state index is 13.6. The van der Waals surface area contributed by atoms with Gasteiger partial charge in [-0.25, -0.2) is 14.0 Å². The van der Waals surface area contributed by atoms with Crippen molar-refractivity contribution in [3.8, 4) is 0 Å². The molecule has 0 bridgehead atoms. The summed E-state index contributed by atoms with van der Waals surface area (Å²) in [4.78, 5) is 22.9. The average molecular weight is 267 g/mol. The standard InChI is InChI=1S/C13H14FNO4/c14-11-6-8(3-4-10(11)12(16)17)9-2-1-5-15(7-9)13(18)19/h3-4,6,9H,1-2,5,7H2,(H,16,17)(H,18,19). The summed E-state index contributed by atoms with van der Waals surface area (Å²) in [6, 6.07) is 3.98. The first-order valence-corrected chi connectivity index (χ1v) is 5.99. The Morgan fingerprint density at radius 3 is 2.63 bits per heavy atom. The highest BCUT2D eigenvalue weighted by Gasteiger charge is 2.25. The third kappa shape index (κ3) is 2.83. The Labute approximate surface area is 109 Å². The first-order valence-electron chi connectivity index (χ1n) is 5.99. The van der Waals surface area contributed by atoms with Crippen LogP contribution in [0.1, 0.15) is 34.7 Å². The molecule has 1 aliphatic rings. The second-order valence-electron chi connectivity index (χ2n) is 4.61. The van der Waals surface area contributed by atoms with Gasteiger partial charge < -0.3 is 15.1 Å². The van der Waals surface area contributed by atoms with Crippen molar-refractivity contribution in [2.24, 2.45) is 0 Å². The average Bonchev–Trinajstić information content (AvgIpc) is 2.38. The molecule has 1 aromatic rings. The van der Waals surface area contributed by atoms with Crippen molar-refractivity contribution in [1.29, 1.82) is 0 Å². The van der Waals surface area contributed by atoms with E-state index in [1.165, 1.54) is 17.0 Å². The van der Waals surface area contributed by atoms with Crippen molar-refractivity contribution in [3.05, 3.63) is 35.1 Å². The molecule has 1 fully saturated rings. The summed E-state index contributed by atoms with van der Waals surface area (Å²) in [5.74, 6) is -2.17. The number of aromatic carboxylic acids is 1. The molecule has 1 unspecified atom stereocenters. The molecule has 0 aliphatic carbocycles. The van der Waals surface area contributed by atoms with E-state index in [0.29, 0.717) is 18.7 Å². The molecule has 0 radical (unpaired) electrons. The zero-order valence-electron chi connectivity index (χ0n) is 10.2. The van der Waals surface area contributed by atoms with Gasteiger partial charge in [0.25, 0.3) is 0 Å². The van der Waals surface area contributed by atoms with E-state index in [1.807, 2.05) is 0 Å². The Bertz CT molecular complexity index is 517. The molecule has 2 rings (SSSR count). The number of hydrogen-bond acceptors (Lipinski definition) is 2. The van der Waals surface area contributed by atoms with E-state index in [0.717, 1.165) is 12.8 Å². The van der Waals surface area contributed by atoms with Gasteiger partial charge in [-0.15, -0.1) is 0 Å². The minimum absolute atomic E-state index is 0.0813. The number of hydrogen-bond donors (Lipinski definition) is 2. The molecule has 1 heterocycles. The lowest BCUT2D eigenvalue weighted by molar-refractivity contribution is 0.0692. The maximum Gasteiger partial charge on any atom is 0.407 e. The van der Waals surface area contributed by atoms with Gasteiger partial charge in [-0.2, -0.15) is 0 Å². The number of amides is 1. The lowest BCUT2D eigenvalue weighted by Gasteiger charge is -2.31. The lowest BCUT2D eigenvalue weighted by Crippen LogP contribution is -2.38. The fourth-order valence-corrected chi connectivity index (χ4v) is 2.38. The predicted molar refractivity (Wildman–Crippen MR) is 64.9 cm³/mol. The third-order valence-corrected chi connectivity index (χ3v) is 3.39. The molecule has 0 aromatic heterocycles. The number of nitrogens with zero attached hydrogens (tertiary/aromatic N) is 1. The van der Waals surface area contributed by atoms with Crippen molar-refractivity contribution >= 4 is 12.1 Å². The fourth-order valence-electron chi connectivity index (χ4n) is 2.38. The Balaban J connectivity index is 2.20. The van der Waals surface area contributed by atoms with Gasteiger partial charge in [-0.1, -0.05) is 6.07 Å². The summed E-state index contributed by atoms with van der Waals surface area (Å²) in [7, 11) is 0. The van der Waals surface area contributed by atoms with Crippen LogP contribution in [0.5, 0.6) is 0 Å². The van der Waals surface area contributed by atoms with Crippen LogP contribution in [0.3, 0.4) is 0 Å². The molecule has 102 valence electrons. The summed E-state index contributed by atoms with van der Waals surface area (Å²) < 4.78 is 13.6. The van der Waals surface area contributed by atoms with Crippen molar-refractivity contribution in [3.63, 3.8) is 0 Å². The Morgan fingerprint density at radius 1 is 1.32 bits per heavy atom. The SMILES string of the molecule is O=C(O)c1ccc(C2CCCN(C(=O)O)C2)cc1F. The number of carboxylic acid groups (broad SMARTS) is 2. The zero-order valence-corrected chi connectivity index (χ0v) is 10.2. The van der Waals surface area contributed by atoms with E-state index in [-0.39, 0.29) is 11.5 Å². The molecular weight excluding hydrogens is 253 g/mol. The normalized spacial score (nSPS) is 19.2. The molecule has 1 saturated heterocycles. The summed E-state index contributed by atoms with van der Waals surface area (Å²) in [5.41, 5.74) is 0.281. The first kappa shape index (κ1) is 13.3. The third-order valence-electron chi connectivity index (χ3n) is 3.39. The van der Waals surface area contributed by atoms with E-state index in [9.17, 15) is 14.0 Å². The number of piperidine rings is 1. The number of likely N-dealkylation sites (tertiary alicyclic amines) is 1. The number of rotatable bonds is 2. The first-order chi connectivity index (χ1) is 8.99. The molecule has 0 saturated carbocycles. The van der Waals surface area contributed by atoms with Gasteiger partial charge >= 0.3 is 12.1 Å². The Hall–Kier alpha value is -2.11. The largest absolute Gasteiger partial charge is 0.478 e. The van der Waals surface area contributed by atoms with Gasteiger partial charge in [0.1, 0.15) is 5.82 Å². The van der Waals surface area contributed by atoms with Gasteiger partial charge in [-0.05, 0) is 30.5 Å². The Kier molecular flexibility index (Phi) is 3.69. The van der Waals surface area contributed by atoms with Crippen LogP contribution in [0.15, 0.2) is 18.2 Å². The highest BCUT2D eigenvalue weighted by atomic mass is 19.1. The minimum atomic E-state index is -1.31. The van der Waals surface area contributed by atoms with Crippen molar-refractivity contribution < 1.29 is 24.2 Å². The molecule has 1 atom stereocenters. The van der Waals surface area contributed by atoms with Crippen molar-refractivity contribution in [2.75, 3.05) is 13.1 Å². The van der Waals surface area contributed by atoms with E-state index in [4.69, 9.17) is 10.2 Å². The lowest BCUT2D eigenvalue weighted by atomic mass is 9.90. The van der Waals surface area contributed by atoms with Gasteiger partial charge in [0.2, 0.25) is 0 Å². The summed E-state index contributed by atoms with van der Waals surface area (Å²) in [5, 5.41) is 17.7. The van der Waals surface area contributed by atoms with Gasteiger partial charge in [0.15, 0.2) is 0 Å². The number of carboxylic acids is 1. The van der Waals surface area contributed by atoms with Crippen molar-refractivity contribution in [2.45, 2.75) is 18.8 Å². The van der Waals surface area contributed by atoms with Crippen LogP contribution in [0.2, 0.25) is 0 Å². The predicted octanol–water partition coefficient (Wildman–Crippen LogP) is 2.38. The monoisotopic (exact) mass is 267 g/mol. The summed E-state index contributed by atoms with van der Waals surface area (Å²) in [6.45, 7) is 0.808. The van der Waals surface area contributed by atoms with Crippen LogP contribution in [0.25, 0.3) is 0 Å². The van der Waals surface area contributed by atoms with E-state index < -0.39 is 17.9 Å². The zero-order chi connectivity index (χ0) is 14.0. The Morgan fingerprint density at radius 2 is 2.05 bits per heavy atom. The molecule has 19 heavy (non-hydrogen) atoms. The van der Waals surface area contributed by atoms with Crippen LogP contribution >= 0.6 is 0 Å². The maximum atomic E-state index is 13.6. The van der Waals surface area contributed by atoms with Crippen LogP contribution in [0, 0.1) is 5.82 Å². The topological polar surface area (TPSA) is 77.8 Å². The molecule has 0 spiro atoms. The molecule has 1 aromatic carbocycles. The number of carbonyl (C=O) groups is 2. The highest BCUT2D eigenvalue weighted by Crippen LogP contribution is 2.28. The second kappa shape index (κ2) is 5.26. The quantitative estimate of drug-likeness (QED) is 0.862. The van der Waals surface area contributed by atoms with E-state index >= 15 is 0 Å². The fraction of sp³-hybridized carbons (Fsp3) is 0.385. The van der Waals surface area contributed by atoms with Gasteiger partial charge in [0.05, 0.1) is 5.56 Å². The minimum Gasteiger partial charge on any atom is -0.478 e. The summed E-state index contributed by atoms with van der Waals surface area (Å²) >= 11 is 0. The van der Waals surface area contributed by atoms with E-state index in [2.05, 4.69) is 0 Å². The smallest absolute Gasteiger partial charge is 0.407 e.